The molecule has 1 aliphatic carbocycles. The highest BCUT2D eigenvalue weighted by molar-refractivity contribution is 5.81. The molecule has 76 valence electrons. The van der Waals surface area contributed by atoms with Gasteiger partial charge in [-0.25, -0.2) is 4.79 Å². The molecular weight excluding hydrogens is 184 g/mol. The molecule has 5 nitrogen and oxygen atoms in total. The highest BCUT2D eigenvalue weighted by atomic mass is 16.5. The molecule has 14 heavy (non-hydrogen) atoms. The molecular formula is C9H12N2O3. The Morgan fingerprint density at radius 1 is 1.36 bits per heavy atom. The van der Waals surface area contributed by atoms with Crippen molar-refractivity contribution in [1.29, 1.82) is 0 Å². The van der Waals surface area contributed by atoms with Gasteiger partial charge in [0.05, 0.1) is 0 Å². The van der Waals surface area contributed by atoms with E-state index in [1.165, 1.54) is 19.3 Å². The zero-order chi connectivity index (χ0) is 9.97. The maximum atomic E-state index is 10.5. The topological polar surface area (TPSA) is 76.2 Å². The van der Waals surface area contributed by atoms with Crippen molar-refractivity contribution < 1.29 is 14.4 Å². The Hall–Kier alpha value is -1.39. The van der Waals surface area contributed by atoms with E-state index >= 15 is 0 Å². The van der Waals surface area contributed by atoms with Crippen LogP contribution in [0.2, 0.25) is 0 Å². The van der Waals surface area contributed by atoms with Crippen LogP contribution in [-0.2, 0) is 0 Å². The van der Waals surface area contributed by atoms with E-state index in [4.69, 9.17) is 5.11 Å². The van der Waals surface area contributed by atoms with Crippen LogP contribution in [-0.4, -0.2) is 21.2 Å². The van der Waals surface area contributed by atoms with Crippen LogP contribution in [0.25, 0.3) is 0 Å². The summed E-state index contributed by atoms with van der Waals surface area (Å²) >= 11 is 0. The second-order valence-electron chi connectivity index (χ2n) is 3.60. The zero-order valence-corrected chi connectivity index (χ0v) is 7.77. The SMILES string of the molecule is O=C(O)c1nc(C2CCCCC2)no1. The molecule has 0 saturated heterocycles. The van der Waals surface area contributed by atoms with Crippen LogP contribution in [0.15, 0.2) is 4.52 Å². The van der Waals surface area contributed by atoms with Crippen LogP contribution in [0.3, 0.4) is 0 Å². The predicted molar refractivity (Wildman–Crippen MR) is 47.1 cm³/mol. The summed E-state index contributed by atoms with van der Waals surface area (Å²) in [7, 11) is 0. The Bertz CT molecular complexity index is 329. The molecule has 1 N–H and O–H groups in total. The molecule has 0 aromatic carbocycles. The van der Waals surface area contributed by atoms with Gasteiger partial charge in [0, 0.05) is 5.92 Å². The van der Waals surface area contributed by atoms with Crippen molar-refractivity contribution in [3.63, 3.8) is 0 Å². The maximum absolute atomic E-state index is 10.5. The predicted octanol–water partition coefficient (Wildman–Crippen LogP) is 1.82. The molecule has 1 aromatic heterocycles. The first kappa shape index (κ1) is 9.18. The Labute approximate surface area is 81.1 Å². The lowest BCUT2D eigenvalue weighted by Crippen LogP contribution is -2.06. The molecule has 5 heteroatoms. The number of nitrogens with zero attached hydrogens (tertiary/aromatic N) is 2. The van der Waals surface area contributed by atoms with Crippen LogP contribution in [0.5, 0.6) is 0 Å². The molecule has 2 rings (SSSR count). The molecule has 0 bridgehead atoms. The maximum Gasteiger partial charge on any atom is 0.394 e. The number of carboxylic acid groups (broad SMARTS) is 1. The Morgan fingerprint density at radius 2 is 2.07 bits per heavy atom. The van der Waals surface area contributed by atoms with Crippen molar-refractivity contribution in [2.45, 2.75) is 38.0 Å². The lowest BCUT2D eigenvalue weighted by Gasteiger charge is -2.17. The monoisotopic (exact) mass is 196 g/mol. The fraction of sp³-hybridized carbons (Fsp3) is 0.667. The van der Waals surface area contributed by atoms with E-state index in [1.54, 1.807) is 0 Å². The summed E-state index contributed by atoms with van der Waals surface area (Å²) in [5.41, 5.74) is 0. The number of aromatic carboxylic acids is 1. The van der Waals surface area contributed by atoms with Crippen LogP contribution < -0.4 is 0 Å². The first-order valence-corrected chi connectivity index (χ1v) is 4.84. The molecule has 0 atom stereocenters. The van der Waals surface area contributed by atoms with E-state index in [-0.39, 0.29) is 5.89 Å². The summed E-state index contributed by atoms with van der Waals surface area (Å²) in [6.07, 6.45) is 5.67. The molecule has 0 amide bonds. The van der Waals surface area contributed by atoms with Gasteiger partial charge in [-0.3, -0.25) is 0 Å². The molecule has 1 aliphatic rings. The summed E-state index contributed by atoms with van der Waals surface area (Å²) in [5.74, 6) is -0.604. The zero-order valence-electron chi connectivity index (χ0n) is 7.77. The van der Waals surface area contributed by atoms with Gasteiger partial charge in [0.2, 0.25) is 0 Å². The average Bonchev–Trinajstić information content (AvgIpc) is 2.68. The van der Waals surface area contributed by atoms with Crippen molar-refractivity contribution in [2.24, 2.45) is 0 Å². The Morgan fingerprint density at radius 3 is 2.64 bits per heavy atom. The first-order chi connectivity index (χ1) is 6.77. The fourth-order valence-corrected chi connectivity index (χ4v) is 1.85. The highest BCUT2D eigenvalue weighted by Gasteiger charge is 2.22. The van der Waals surface area contributed by atoms with E-state index in [1.807, 2.05) is 0 Å². The number of hydrogen-bond acceptors (Lipinski definition) is 4. The molecule has 1 fully saturated rings. The molecule has 1 heterocycles. The minimum Gasteiger partial charge on any atom is -0.474 e. The number of rotatable bonds is 2. The summed E-state index contributed by atoms with van der Waals surface area (Å²) in [6.45, 7) is 0. The van der Waals surface area contributed by atoms with Crippen LogP contribution in [0.1, 0.15) is 54.5 Å². The largest absolute Gasteiger partial charge is 0.474 e. The van der Waals surface area contributed by atoms with Crippen LogP contribution in [0, 0.1) is 0 Å². The Kier molecular flexibility index (Phi) is 2.47. The highest BCUT2D eigenvalue weighted by Crippen LogP contribution is 2.30. The lowest BCUT2D eigenvalue weighted by atomic mass is 9.89. The van der Waals surface area contributed by atoms with Gasteiger partial charge >= 0.3 is 11.9 Å². The standard InChI is InChI=1S/C9H12N2O3/c12-9(13)8-10-7(11-14-8)6-4-2-1-3-5-6/h6H,1-5H2,(H,12,13). The van der Waals surface area contributed by atoms with Gasteiger partial charge in [0.15, 0.2) is 5.82 Å². The minimum absolute atomic E-state index is 0.292. The first-order valence-electron chi connectivity index (χ1n) is 4.84. The third kappa shape index (κ3) is 1.76. The van der Waals surface area contributed by atoms with Crippen molar-refractivity contribution in [1.82, 2.24) is 10.1 Å². The number of aromatic nitrogens is 2. The second-order valence-corrected chi connectivity index (χ2v) is 3.60. The van der Waals surface area contributed by atoms with Gasteiger partial charge in [-0.2, -0.15) is 4.98 Å². The smallest absolute Gasteiger partial charge is 0.394 e. The molecule has 1 saturated carbocycles. The van der Waals surface area contributed by atoms with Crippen molar-refractivity contribution in [3.8, 4) is 0 Å². The third-order valence-corrected chi connectivity index (χ3v) is 2.60. The fourth-order valence-electron chi connectivity index (χ4n) is 1.85. The number of carbonyl (C=O) groups is 1. The third-order valence-electron chi connectivity index (χ3n) is 2.60. The van der Waals surface area contributed by atoms with E-state index in [0.717, 1.165) is 12.8 Å². The Balaban J connectivity index is 2.11. The van der Waals surface area contributed by atoms with Gasteiger partial charge in [-0.15, -0.1) is 0 Å². The van der Waals surface area contributed by atoms with Crippen molar-refractivity contribution in [2.75, 3.05) is 0 Å². The van der Waals surface area contributed by atoms with Gasteiger partial charge in [-0.1, -0.05) is 24.4 Å². The normalized spacial score (nSPS) is 18.3. The molecule has 0 spiro atoms. The van der Waals surface area contributed by atoms with Crippen LogP contribution >= 0.6 is 0 Å². The molecule has 0 radical (unpaired) electrons. The van der Waals surface area contributed by atoms with Gasteiger partial charge in [0.25, 0.3) is 0 Å². The van der Waals surface area contributed by atoms with Gasteiger partial charge < -0.3 is 9.63 Å². The van der Waals surface area contributed by atoms with Crippen molar-refractivity contribution in [3.05, 3.63) is 11.7 Å². The van der Waals surface area contributed by atoms with Gasteiger partial charge in [0.1, 0.15) is 0 Å². The van der Waals surface area contributed by atoms with Crippen molar-refractivity contribution >= 4 is 5.97 Å². The number of hydrogen-bond donors (Lipinski definition) is 1. The number of carboxylic acids is 1. The average molecular weight is 196 g/mol. The van der Waals surface area contributed by atoms with Gasteiger partial charge in [-0.05, 0) is 12.8 Å². The molecule has 0 aliphatic heterocycles. The second kappa shape index (κ2) is 3.77. The molecule has 1 aromatic rings. The minimum atomic E-state index is -1.15. The molecule has 0 unspecified atom stereocenters. The van der Waals surface area contributed by atoms with Crippen LogP contribution in [0.4, 0.5) is 0 Å². The summed E-state index contributed by atoms with van der Waals surface area (Å²) in [4.78, 5) is 14.4. The summed E-state index contributed by atoms with van der Waals surface area (Å²) < 4.78 is 4.62. The van der Waals surface area contributed by atoms with E-state index in [0.29, 0.717) is 11.7 Å². The lowest BCUT2D eigenvalue weighted by molar-refractivity contribution is 0.0643. The summed E-state index contributed by atoms with van der Waals surface area (Å²) in [6, 6.07) is 0. The van der Waals surface area contributed by atoms with E-state index in [9.17, 15) is 4.79 Å². The quantitative estimate of drug-likeness (QED) is 0.780. The summed E-state index contributed by atoms with van der Waals surface area (Å²) in [5, 5.41) is 12.3. The van der Waals surface area contributed by atoms with E-state index in [2.05, 4.69) is 14.7 Å². The van der Waals surface area contributed by atoms with E-state index < -0.39 is 5.97 Å².